The number of para-hydroxylation sites is 1. The minimum Gasteiger partial charge on any atom is -0.497 e. The predicted molar refractivity (Wildman–Crippen MR) is 99.7 cm³/mol. The highest BCUT2D eigenvalue weighted by Crippen LogP contribution is 2.25. The van der Waals surface area contributed by atoms with E-state index in [4.69, 9.17) is 13.9 Å². The van der Waals surface area contributed by atoms with Gasteiger partial charge >= 0.3 is 5.63 Å². The van der Waals surface area contributed by atoms with Gasteiger partial charge in [-0.2, -0.15) is 0 Å². The summed E-state index contributed by atoms with van der Waals surface area (Å²) in [6.07, 6.45) is 2.89. The molecular weight excluding hydrogens is 334 g/mol. The van der Waals surface area contributed by atoms with Gasteiger partial charge in [-0.3, -0.25) is 4.79 Å². The number of benzene rings is 2. The molecule has 1 aromatic heterocycles. The number of hydrogen-bond donors (Lipinski definition) is 1. The van der Waals surface area contributed by atoms with Gasteiger partial charge in [-0.15, -0.1) is 0 Å². The average Bonchev–Trinajstić information content (AvgIpc) is 2.66. The Morgan fingerprint density at radius 2 is 1.88 bits per heavy atom. The molecule has 0 radical (unpaired) electrons. The molecule has 1 N–H and O–H groups in total. The number of nitrogens with one attached hydrogen (secondary N) is 1. The van der Waals surface area contributed by atoms with Gasteiger partial charge in [0.1, 0.15) is 22.8 Å². The van der Waals surface area contributed by atoms with E-state index < -0.39 is 11.5 Å². The van der Waals surface area contributed by atoms with E-state index in [1.165, 1.54) is 6.08 Å². The highest BCUT2D eigenvalue weighted by Gasteiger charge is 2.08. The number of carbonyl (C=O) groups excluding carboxylic acids is 1. The Kier molecular flexibility index (Phi) is 5.03. The second-order valence-electron chi connectivity index (χ2n) is 5.42. The molecule has 0 unspecified atom stereocenters. The fourth-order valence-corrected chi connectivity index (χ4v) is 2.46. The molecule has 132 valence electrons. The van der Waals surface area contributed by atoms with Crippen LogP contribution in [0.1, 0.15) is 5.56 Å². The molecule has 0 aliphatic heterocycles. The lowest BCUT2D eigenvalue weighted by Gasteiger charge is -2.07. The van der Waals surface area contributed by atoms with E-state index >= 15 is 0 Å². The minimum absolute atomic E-state index is 0.0796. The summed E-state index contributed by atoms with van der Waals surface area (Å²) < 4.78 is 15.6. The maximum absolute atomic E-state index is 12.2. The van der Waals surface area contributed by atoms with Crippen molar-refractivity contribution in [3.8, 4) is 11.5 Å². The van der Waals surface area contributed by atoms with Gasteiger partial charge in [0.15, 0.2) is 0 Å². The van der Waals surface area contributed by atoms with Gasteiger partial charge in [0, 0.05) is 17.0 Å². The Balaban J connectivity index is 1.82. The summed E-state index contributed by atoms with van der Waals surface area (Å²) in [5.74, 6) is 0.776. The number of hydrogen-bond acceptors (Lipinski definition) is 5. The fourth-order valence-electron chi connectivity index (χ4n) is 2.46. The zero-order chi connectivity index (χ0) is 18.5. The summed E-state index contributed by atoms with van der Waals surface area (Å²) in [5, 5.41) is 3.26. The van der Waals surface area contributed by atoms with Crippen LogP contribution >= 0.6 is 0 Å². The highest BCUT2D eigenvalue weighted by molar-refractivity contribution is 6.02. The Morgan fingerprint density at radius 1 is 1.08 bits per heavy atom. The monoisotopic (exact) mass is 351 g/mol. The third kappa shape index (κ3) is 3.75. The molecule has 0 bridgehead atoms. The quantitative estimate of drug-likeness (QED) is 0.563. The lowest BCUT2D eigenvalue weighted by atomic mass is 10.1. The molecule has 0 fully saturated rings. The number of rotatable bonds is 5. The van der Waals surface area contributed by atoms with Gasteiger partial charge in [-0.05, 0) is 36.4 Å². The third-order valence-corrected chi connectivity index (χ3v) is 3.75. The Hall–Kier alpha value is -3.54. The summed E-state index contributed by atoms with van der Waals surface area (Å²) in [4.78, 5) is 24.2. The van der Waals surface area contributed by atoms with Crippen molar-refractivity contribution in [2.75, 3.05) is 19.5 Å². The predicted octanol–water partition coefficient (Wildman–Crippen LogP) is 3.46. The largest absolute Gasteiger partial charge is 0.497 e. The molecule has 26 heavy (non-hydrogen) atoms. The number of fused-ring (bicyclic) bond motifs is 1. The number of ether oxygens (including phenoxy) is 2. The minimum atomic E-state index is -0.607. The van der Waals surface area contributed by atoms with Crippen LogP contribution in [-0.2, 0) is 4.79 Å². The molecule has 6 nitrogen and oxygen atoms in total. The molecule has 3 aromatic rings. The van der Waals surface area contributed by atoms with Crippen molar-refractivity contribution < 1.29 is 18.7 Å². The summed E-state index contributed by atoms with van der Waals surface area (Å²) in [6, 6.07) is 13.9. The molecular formula is C20H17NO5. The average molecular weight is 351 g/mol. The summed E-state index contributed by atoms with van der Waals surface area (Å²) in [5.41, 5.74) is 0.611. The SMILES string of the molecule is COc1ccc(OC)c(/C=C/C(=O)Nc2cc3ccccc3oc2=O)c1. The van der Waals surface area contributed by atoms with Crippen LogP contribution in [0.3, 0.4) is 0 Å². The maximum atomic E-state index is 12.2. The van der Waals surface area contributed by atoms with Gasteiger partial charge in [0.25, 0.3) is 0 Å². The van der Waals surface area contributed by atoms with E-state index in [1.807, 2.05) is 6.07 Å². The summed E-state index contributed by atoms with van der Waals surface area (Å²) in [6.45, 7) is 0. The molecule has 0 aliphatic rings. The molecule has 0 aliphatic carbocycles. The molecule has 0 saturated heterocycles. The number of carbonyl (C=O) groups is 1. The molecule has 3 rings (SSSR count). The van der Waals surface area contributed by atoms with Crippen LogP contribution in [0.2, 0.25) is 0 Å². The van der Waals surface area contributed by atoms with Crippen LogP contribution in [0.5, 0.6) is 11.5 Å². The lowest BCUT2D eigenvalue weighted by Crippen LogP contribution is -2.15. The van der Waals surface area contributed by atoms with Crippen molar-refractivity contribution in [3.05, 3.63) is 70.6 Å². The van der Waals surface area contributed by atoms with Gasteiger partial charge in [-0.1, -0.05) is 18.2 Å². The second kappa shape index (κ2) is 7.57. The van der Waals surface area contributed by atoms with E-state index in [9.17, 15) is 9.59 Å². The van der Waals surface area contributed by atoms with Gasteiger partial charge < -0.3 is 19.2 Å². The Morgan fingerprint density at radius 3 is 2.65 bits per heavy atom. The first-order valence-corrected chi connectivity index (χ1v) is 7.84. The van der Waals surface area contributed by atoms with Crippen LogP contribution in [0.15, 0.2) is 63.8 Å². The van der Waals surface area contributed by atoms with Gasteiger partial charge in [0.05, 0.1) is 14.2 Å². The molecule has 1 amide bonds. The standard InChI is InChI=1S/C20H17NO5/c1-24-15-8-9-17(25-2)14(11-15)7-10-19(22)21-16-12-13-5-3-4-6-18(13)26-20(16)23/h3-12H,1-2H3,(H,21,22)/b10-7+. The first kappa shape index (κ1) is 17.3. The molecule has 2 aromatic carbocycles. The topological polar surface area (TPSA) is 77.8 Å². The highest BCUT2D eigenvalue weighted by atomic mass is 16.5. The fraction of sp³-hybridized carbons (Fsp3) is 0.100. The number of amides is 1. The second-order valence-corrected chi connectivity index (χ2v) is 5.42. The molecule has 0 spiro atoms. The zero-order valence-corrected chi connectivity index (χ0v) is 14.3. The third-order valence-electron chi connectivity index (χ3n) is 3.75. The van der Waals surface area contributed by atoms with Gasteiger partial charge in [0.2, 0.25) is 5.91 Å². The van der Waals surface area contributed by atoms with E-state index in [1.54, 1.807) is 62.8 Å². The Labute approximate surface area is 149 Å². The van der Waals surface area contributed by atoms with E-state index in [0.29, 0.717) is 22.6 Å². The maximum Gasteiger partial charge on any atom is 0.360 e. The van der Waals surface area contributed by atoms with Crippen LogP contribution in [0.25, 0.3) is 17.0 Å². The first-order valence-electron chi connectivity index (χ1n) is 7.84. The smallest absolute Gasteiger partial charge is 0.360 e. The van der Waals surface area contributed by atoms with Gasteiger partial charge in [-0.25, -0.2) is 4.79 Å². The van der Waals surface area contributed by atoms with Crippen molar-refractivity contribution >= 4 is 28.6 Å². The van der Waals surface area contributed by atoms with Crippen molar-refractivity contribution in [2.24, 2.45) is 0 Å². The molecule has 1 heterocycles. The summed E-state index contributed by atoms with van der Waals surface area (Å²) in [7, 11) is 3.10. The van der Waals surface area contributed by atoms with E-state index in [2.05, 4.69) is 5.32 Å². The lowest BCUT2D eigenvalue weighted by molar-refractivity contribution is -0.111. The van der Waals surface area contributed by atoms with Crippen molar-refractivity contribution in [3.63, 3.8) is 0 Å². The van der Waals surface area contributed by atoms with Crippen LogP contribution < -0.4 is 20.4 Å². The zero-order valence-electron chi connectivity index (χ0n) is 14.3. The number of anilines is 1. The Bertz CT molecular complexity index is 1040. The van der Waals surface area contributed by atoms with Crippen molar-refractivity contribution in [1.29, 1.82) is 0 Å². The van der Waals surface area contributed by atoms with Crippen LogP contribution in [-0.4, -0.2) is 20.1 Å². The molecule has 0 saturated carbocycles. The first-order chi connectivity index (χ1) is 12.6. The van der Waals surface area contributed by atoms with E-state index in [0.717, 1.165) is 5.39 Å². The normalized spacial score (nSPS) is 10.8. The van der Waals surface area contributed by atoms with Crippen LogP contribution in [0.4, 0.5) is 5.69 Å². The van der Waals surface area contributed by atoms with E-state index in [-0.39, 0.29) is 5.69 Å². The number of methoxy groups -OCH3 is 2. The molecule has 0 atom stereocenters. The summed E-state index contributed by atoms with van der Waals surface area (Å²) >= 11 is 0. The van der Waals surface area contributed by atoms with Crippen molar-refractivity contribution in [1.82, 2.24) is 0 Å². The molecule has 6 heteroatoms. The van der Waals surface area contributed by atoms with Crippen molar-refractivity contribution in [2.45, 2.75) is 0 Å². The van der Waals surface area contributed by atoms with Crippen LogP contribution in [0, 0.1) is 0 Å².